The van der Waals surface area contributed by atoms with Gasteiger partial charge < -0.3 is 10.0 Å². The van der Waals surface area contributed by atoms with E-state index in [4.69, 9.17) is 0 Å². The van der Waals surface area contributed by atoms with Gasteiger partial charge in [0.15, 0.2) is 0 Å². The van der Waals surface area contributed by atoms with Crippen molar-refractivity contribution in [3.63, 3.8) is 0 Å². The van der Waals surface area contributed by atoms with Crippen molar-refractivity contribution in [3.05, 3.63) is 18.0 Å². The summed E-state index contributed by atoms with van der Waals surface area (Å²) in [6, 6.07) is 1.90. The lowest BCUT2D eigenvalue weighted by Crippen LogP contribution is -2.35. The average molecular weight is 209 g/mol. The number of rotatable bonds is 2. The predicted molar refractivity (Wildman–Crippen MR) is 58.4 cm³/mol. The van der Waals surface area contributed by atoms with Gasteiger partial charge in [0.2, 0.25) is 0 Å². The zero-order valence-electron chi connectivity index (χ0n) is 9.43. The third-order valence-corrected chi connectivity index (χ3v) is 3.27. The summed E-state index contributed by atoms with van der Waals surface area (Å²) >= 11 is 0. The van der Waals surface area contributed by atoms with Crippen LogP contribution in [0.15, 0.2) is 12.3 Å². The van der Waals surface area contributed by atoms with E-state index in [0.717, 1.165) is 25.2 Å². The Morgan fingerprint density at radius 1 is 1.53 bits per heavy atom. The molecule has 1 aliphatic rings. The first-order valence-corrected chi connectivity index (χ1v) is 5.53. The average Bonchev–Trinajstić information content (AvgIpc) is 2.63. The zero-order valence-corrected chi connectivity index (χ0v) is 9.43. The first-order valence-electron chi connectivity index (χ1n) is 5.53. The van der Waals surface area contributed by atoms with Crippen molar-refractivity contribution in [2.75, 3.05) is 20.1 Å². The fourth-order valence-electron chi connectivity index (χ4n) is 2.38. The van der Waals surface area contributed by atoms with Crippen LogP contribution in [0.25, 0.3) is 0 Å². The maximum absolute atomic E-state index is 10.2. The molecule has 84 valence electrons. The molecule has 0 amide bonds. The molecule has 0 saturated carbocycles. The SMILES string of the molecule is CN1CCC[C@H]([C@@H](O)c2ccnn2C)C1. The van der Waals surface area contributed by atoms with Gasteiger partial charge in [0, 0.05) is 25.7 Å². The second-order valence-corrected chi connectivity index (χ2v) is 4.49. The molecule has 0 radical (unpaired) electrons. The lowest BCUT2D eigenvalue weighted by molar-refractivity contribution is 0.0536. The largest absolute Gasteiger partial charge is 0.386 e. The van der Waals surface area contributed by atoms with Crippen LogP contribution in [0.5, 0.6) is 0 Å². The second kappa shape index (κ2) is 4.33. The summed E-state index contributed by atoms with van der Waals surface area (Å²) in [5.41, 5.74) is 0.926. The number of aromatic nitrogens is 2. The van der Waals surface area contributed by atoms with Crippen molar-refractivity contribution >= 4 is 0 Å². The van der Waals surface area contributed by atoms with Crippen molar-refractivity contribution in [3.8, 4) is 0 Å². The number of likely N-dealkylation sites (tertiary alicyclic amines) is 1. The number of hydrogen-bond donors (Lipinski definition) is 1. The Kier molecular flexibility index (Phi) is 3.07. The highest BCUT2D eigenvalue weighted by Crippen LogP contribution is 2.28. The minimum Gasteiger partial charge on any atom is -0.386 e. The first kappa shape index (κ1) is 10.6. The summed E-state index contributed by atoms with van der Waals surface area (Å²) in [5, 5.41) is 14.3. The number of aliphatic hydroxyl groups is 1. The van der Waals surface area contributed by atoms with E-state index in [1.807, 2.05) is 13.1 Å². The monoisotopic (exact) mass is 209 g/mol. The molecule has 0 bridgehead atoms. The van der Waals surface area contributed by atoms with E-state index < -0.39 is 0 Å². The van der Waals surface area contributed by atoms with E-state index in [1.165, 1.54) is 6.42 Å². The van der Waals surface area contributed by atoms with Gasteiger partial charge in [0.05, 0.1) is 11.8 Å². The molecular weight excluding hydrogens is 190 g/mol. The molecular formula is C11H19N3O. The van der Waals surface area contributed by atoms with E-state index in [-0.39, 0.29) is 6.10 Å². The highest BCUT2D eigenvalue weighted by Gasteiger charge is 2.26. The first-order chi connectivity index (χ1) is 7.18. The molecule has 1 aromatic rings. The molecule has 4 nitrogen and oxygen atoms in total. The molecule has 1 aliphatic heterocycles. The van der Waals surface area contributed by atoms with Gasteiger partial charge in [-0.25, -0.2) is 0 Å². The van der Waals surface area contributed by atoms with Crippen molar-refractivity contribution in [1.29, 1.82) is 0 Å². The van der Waals surface area contributed by atoms with Gasteiger partial charge in [0.1, 0.15) is 0 Å². The van der Waals surface area contributed by atoms with Crippen LogP contribution in [0.2, 0.25) is 0 Å². The van der Waals surface area contributed by atoms with Gasteiger partial charge in [-0.2, -0.15) is 5.10 Å². The maximum Gasteiger partial charge on any atom is 0.0996 e. The zero-order chi connectivity index (χ0) is 10.8. The quantitative estimate of drug-likeness (QED) is 0.783. The molecule has 0 aliphatic carbocycles. The van der Waals surface area contributed by atoms with Crippen molar-refractivity contribution in [2.24, 2.45) is 13.0 Å². The van der Waals surface area contributed by atoms with Crippen LogP contribution in [0.4, 0.5) is 0 Å². The van der Waals surface area contributed by atoms with Gasteiger partial charge >= 0.3 is 0 Å². The molecule has 2 atom stereocenters. The molecule has 1 saturated heterocycles. The topological polar surface area (TPSA) is 41.3 Å². The molecule has 1 aromatic heterocycles. The predicted octanol–water partition coefficient (Wildman–Crippen LogP) is 0.795. The fourth-order valence-corrected chi connectivity index (χ4v) is 2.38. The summed E-state index contributed by atoms with van der Waals surface area (Å²) in [7, 11) is 3.99. The van der Waals surface area contributed by atoms with Gasteiger partial charge in [-0.3, -0.25) is 4.68 Å². The van der Waals surface area contributed by atoms with Gasteiger partial charge in [-0.15, -0.1) is 0 Å². The standard InChI is InChI=1S/C11H19N3O/c1-13-7-3-4-9(8-13)11(15)10-5-6-12-14(10)2/h5-6,9,11,15H,3-4,7-8H2,1-2H3/t9-,11+/m0/s1. The molecule has 0 spiro atoms. The molecule has 1 N–H and O–H groups in total. The van der Waals surface area contributed by atoms with Crippen LogP contribution >= 0.6 is 0 Å². The normalized spacial score (nSPS) is 25.4. The Morgan fingerprint density at radius 3 is 2.93 bits per heavy atom. The third-order valence-electron chi connectivity index (χ3n) is 3.27. The van der Waals surface area contributed by atoms with Gasteiger partial charge in [-0.05, 0) is 32.5 Å². The van der Waals surface area contributed by atoms with Crippen LogP contribution in [-0.4, -0.2) is 39.9 Å². The van der Waals surface area contributed by atoms with Crippen LogP contribution in [-0.2, 0) is 7.05 Å². The molecule has 0 unspecified atom stereocenters. The van der Waals surface area contributed by atoms with E-state index >= 15 is 0 Å². The summed E-state index contributed by atoms with van der Waals surface area (Å²) < 4.78 is 1.76. The number of piperidine rings is 1. The Labute approximate surface area is 90.5 Å². The van der Waals surface area contributed by atoms with E-state index in [0.29, 0.717) is 5.92 Å². The fraction of sp³-hybridized carbons (Fsp3) is 0.727. The van der Waals surface area contributed by atoms with E-state index in [2.05, 4.69) is 17.0 Å². The highest BCUT2D eigenvalue weighted by molar-refractivity contribution is 5.06. The highest BCUT2D eigenvalue weighted by atomic mass is 16.3. The molecule has 2 rings (SSSR count). The van der Waals surface area contributed by atoms with Crippen molar-refractivity contribution in [1.82, 2.24) is 14.7 Å². The van der Waals surface area contributed by atoms with Gasteiger partial charge in [0.25, 0.3) is 0 Å². The lowest BCUT2D eigenvalue weighted by atomic mass is 9.91. The number of hydrogen-bond acceptors (Lipinski definition) is 3. The van der Waals surface area contributed by atoms with Crippen molar-refractivity contribution < 1.29 is 5.11 Å². The summed E-state index contributed by atoms with van der Waals surface area (Å²) in [5.74, 6) is 0.346. The minimum absolute atomic E-state index is 0.346. The smallest absolute Gasteiger partial charge is 0.0996 e. The Bertz CT molecular complexity index is 323. The van der Waals surface area contributed by atoms with Gasteiger partial charge in [-0.1, -0.05) is 0 Å². The maximum atomic E-state index is 10.2. The summed E-state index contributed by atoms with van der Waals surface area (Å²) in [4.78, 5) is 2.29. The van der Waals surface area contributed by atoms with E-state index in [9.17, 15) is 5.11 Å². The Balaban J connectivity index is 2.07. The van der Waals surface area contributed by atoms with Crippen LogP contribution in [0.3, 0.4) is 0 Å². The number of nitrogens with zero attached hydrogens (tertiary/aromatic N) is 3. The molecule has 4 heteroatoms. The van der Waals surface area contributed by atoms with E-state index in [1.54, 1.807) is 10.9 Å². The molecule has 0 aromatic carbocycles. The van der Waals surface area contributed by atoms with Crippen LogP contribution in [0, 0.1) is 5.92 Å². The number of aliphatic hydroxyl groups excluding tert-OH is 1. The van der Waals surface area contributed by atoms with Crippen LogP contribution < -0.4 is 0 Å². The summed E-state index contributed by atoms with van der Waals surface area (Å²) in [6.07, 6.45) is 3.65. The third kappa shape index (κ3) is 2.21. The lowest BCUT2D eigenvalue weighted by Gasteiger charge is -2.32. The summed E-state index contributed by atoms with van der Waals surface area (Å²) in [6.45, 7) is 2.13. The Morgan fingerprint density at radius 2 is 2.33 bits per heavy atom. The molecule has 1 fully saturated rings. The van der Waals surface area contributed by atoms with Crippen LogP contribution in [0.1, 0.15) is 24.6 Å². The number of aryl methyl sites for hydroxylation is 1. The van der Waals surface area contributed by atoms with Crippen molar-refractivity contribution in [2.45, 2.75) is 18.9 Å². The molecule has 15 heavy (non-hydrogen) atoms. The molecule has 2 heterocycles. The Hall–Kier alpha value is -0.870. The minimum atomic E-state index is -0.375. The second-order valence-electron chi connectivity index (χ2n) is 4.49.